The van der Waals surface area contributed by atoms with Gasteiger partial charge in [-0.25, -0.2) is 14.6 Å². The Labute approximate surface area is 395 Å². The Morgan fingerprint density at radius 1 is 0.603 bits per heavy atom. The molecule has 2 fully saturated rings. The van der Waals surface area contributed by atoms with Gasteiger partial charge in [-0.05, 0) is 90.8 Å². The summed E-state index contributed by atoms with van der Waals surface area (Å²) in [5.41, 5.74) is 8.74. The molecule has 4 amide bonds. The lowest BCUT2D eigenvalue weighted by molar-refractivity contribution is -0.188. The molecule has 348 valence electrons. The largest absolute Gasteiger partial charge is 0.497 e. The van der Waals surface area contributed by atoms with E-state index in [1.807, 2.05) is 146 Å². The Morgan fingerprint density at radius 3 is 1.38 bits per heavy atom. The van der Waals surface area contributed by atoms with Crippen molar-refractivity contribution in [2.45, 2.75) is 69.9 Å². The number of methoxy groups -OCH3 is 1. The number of β-lactam (4-membered cyclic amide) rings is 2. The van der Waals surface area contributed by atoms with Crippen LogP contribution in [0.15, 0.2) is 164 Å². The number of aliphatic carboxylic acids is 2. The van der Waals surface area contributed by atoms with Gasteiger partial charge in [-0.2, -0.15) is 0 Å². The van der Waals surface area contributed by atoms with Gasteiger partial charge in [0, 0.05) is 30.9 Å². The molecule has 0 saturated carbocycles. The molecular formula is C55H54N4O9. The molecule has 0 spiro atoms. The highest BCUT2D eigenvalue weighted by atomic mass is 16.5. The van der Waals surface area contributed by atoms with E-state index in [0.717, 1.165) is 43.4 Å². The van der Waals surface area contributed by atoms with Gasteiger partial charge in [-0.1, -0.05) is 133 Å². The maximum Gasteiger partial charge on any atom is 0.328 e. The van der Waals surface area contributed by atoms with Crippen LogP contribution >= 0.6 is 0 Å². The zero-order chi connectivity index (χ0) is 48.6. The number of carboxylic acid groups (broad SMARTS) is 2. The molecule has 13 heteroatoms. The number of rotatable bonds is 16. The van der Waals surface area contributed by atoms with Crippen LogP contribution in [0.25, 0.3) is 0 Å². The number of likely N-dealkylation sites (tertiary alicyclic amines) is 2. The fraction of sp³-hybridized carbons (Fsp3) is 0.255. The summed E-state index contributed by atoms with van der Waals surface area (Å²) < 4.78 is 5.17. The van der Waals surface area contributed by atoms with E-state index < -0.39 is 58.5 Å². The van der Waals surface area contributed by atoms with Crippen molar-refractivity contribution in [2.24, 2.45) is 10.8 Å². The first-order valence-electron chi connectivity index (χ1n) is 22.4. The number of imide groups is 2. The van der Waals surface area contributed by atoms with Crippen LogP contribution in [-0.2, 0) is 41.6 Å². The van der Waals surface area contributed by atoms with Gasteiger partial charge in [0.1, 0.15) is 11.6 Å². The smallest absolute Gasteiger partial charge is 0.328 e. The van der Waals surface area contributed by atoms with Gasteiger partial charge in [0.2, 0.25) is 23.6 Å². The van der Waals surface area contributed by atoms with Gasteiger partial charge in [0.15, 0.2) is 12.1 Å². The van der Waals surface area contributed by atoms with Crippen molar-refractivity contribution in [3.05, 3.63) is 197 Å². The summed E-state index contributed by atoms with van der Waals surface area (Å²) in [5, 5.41) is 19.9. The van der Waals surface area contributed by atoms with Crippen LogP contribution in [0.1, 0.15) is 78.3 Å². The minimum atomic E-state index is -1.25. The van der Waals surface area contributed by atoms with Crippen LogP contribution in [0.2, 0.25) is 0 Å². The third kappa shape index (κ3) is 10.1. The van der Waals surface area contributed by atoms with Gasteiger partial charge < -0.3 is 20.7 Å². The molecule has 13 nitrogen and oxygen atoms in total. The maximum atomic E-state index is 13.4. The van der Waals surface area contributed by atoms with Crippen molar-refractivity contribution in [2.75, 3.05) is 12.8 Å². The van der Waals surface area contributed by atoms with Crippen molar-refractivity contribution in [1.82, 2.24) is 14.8 Å². The number of amides is 4. The van der Waals surface area contributed by atoms with E-state index in [2.05, 4.69) is 4.98 Å². The summed E-state index contributed by atoms with van der Waals surface area (Å²) >= 11 is 0. The number of carboxylic acids is 2. The molecule has 2 aliphatic heterocycles. The van der Waals surface area contributed by atoms with Gasteiger partial charge in [0.05, 0.1) is 17.9 Å². The van der Waals surface area contributed by atoms with Crippen LogP contribution in [0.3, 0.4) is 0 Å². The third-order valence-electron chi connectivity index (χ3n) is 13.2. The first-order chi connectivity index (χ1) is 32.7. The number of anilines is 1. The molecule has 0 bridgehead atoms. The first kappa shape index (κ1) is 48.0. The average Bonchev–Trinajstić information content (AvgIpc) is 3.35. The summed E-state index contributed by atoms with van der Waals surface area (Å²) in [6.07, 6.45) is 2.52. The molecule has 0 radical (unpaired) electrons. The summed E-state index contributed by atoms with van der Waals surface area (Å²) in [4.78, 5) is 83.3. The molecule has 2 saturated heterocycles. The van der Waals surface area contributed by atoms with Crippen LogP contribution in [0.4, 0.5) is 5.82 Å². The van der Waals surface area contributed by atoms with E-state index in [4.69, 9.17) is 10.5 Å². The molecule has 3 heterocycles. The van der Waals surface area contributed by atoms with Gasteiger partial charge in [-0.15, -0.1) is 0 Å². The zero-order valence-electron chi connectivity index (χ0n) is 38.1. The van der Waals surface area contributed by atoms with E-state index in [9.17, 15) is 39.0 Å². The second kappa shape index (κ2) is 20.7. The van der Waals surface area contributed by atoms with Gasteiger partial charge >= 0.3 is 11.9 Å². The molecule has 1 aromatic heterocycles. The lowest BCUT2D eigenvalue weighted by Gasteiger charge is -2.51. The van der Waals surface area contributed by atoms with Crippen LogP contribution < -0.4 is 10.5 Å². The molecule has 0 unspecified atom stereocenters. The van der Waals surface area contributed by atoms with E-state index in [1.165, 1.54) is 6.20 Å². The number of hydrogen-bond acceptors (Lipinski definition) is 9. The standard InChI is InChI=1S/C29H29NO5.C26H25N3O4/c1-29(18-17-20-13-15-23(35-2)16-14-20)26(27(32)33)30(28(29)34)25(31)19-24(21-9-5-3-6-10-21)22-11-7-4-8-12-22;1-26(16-17-12-13-28-21(27)14-17)23(24(31)32)29(25(26)33)22(30)15-20(18-8-4-2-5-9-18)19-10-6-3-7-11-19/h3-16,24,26H,17-19H2,1-2H3,(H,32,33);2-14,20,23H,15-16H2,1H3,(H2,27,28)(H,31,32)/t26-,29-;23-,26-/m11/s1. The van der Waals surface area contributed by atoms with Crippen LogP contribution in [-0.4, -0.2) is 79.8 Å². The number of nitrogen functional groups attached to an aromatic ring is 1. The normalized spacial score (nSPS) is 19.6. The number of nitrogens with two attached hydrogens (primary N) is 1. The molecule has 0 aliphatic carbocycles. The van der Waals surface area contributed by atoms with Crippen molar-refractivity contribution < 1.29 is 43.7 Å². The number of carbonyl (C=O) groups excluding carboxylic acids is 4. The zero-order valence-corrected chi connectivity index (χ0v) is 38.1. The second-order valence-electron chi connectivity index (χ2n) is 17.7. The summed E-state index contributed by atoms with van der Waals surface area (Å²) in [7, 11) is 1.59. The Bertz CT molecular complexity index is 2680. The van der Waals surface area contributed by atoms with Crippen molar-refractivity contribution >= 4 is 41.4 Å². The molecule has 68 heavy (non-hydrogen) atoms. The summed E-state index contributed by atoms with van der Waals surface area (Å²) in [6.45, 7) is 3.23. The minimum Gasteiger partial charge on any atom is -0.497 e. The predicted octanol–water partition coefficient (Wildman–Crippen LogP) is 7.94. The van der Waals surface area contributed by atoms with E-state index in [0.29, 0.717) is 18.4 Å². The molecule has 5 aromatic carbocycles. The fourth-order valence-electron chi connectivity index (χ4n) is 9.52. The molecule has 8 rings (SSSR count). The number of pyridine rings is 1. The van der Waals surface area contributed by atoms with Gasteiger partial charge in [0.25, 0.3) is 0 Å². The quantitative estimate of drug-likeness (QED) is 0.0798. The lowest BCUT2D eigenvalue weighted by atomic mass is 9.68. The van der Waals surface area contributed by atoms with Crippen LogP contribution in [0.5, 0.6) is 5.75 Å². The summed E-state index contributed by atoms with van der Waals surface area (Å²) in [5.74, 6) is -3.82. The minimum absolute atomic E-state index is 0.0120. The second-order valence-corrected chi connectivity index (χ2v) is 17.7. The van der Waals surface area contributed by atoms with Crippen molar-refractivity contribution in [1.29, 1.82) is 0 Å². The third-order valence-corrected chi connectivity index (χ3v) is 13.2. The number of benzene rings is 5. The molecule has 4 N–H and O–H groups in total. The molecular weight excluding hydrogens is 861 g/mol. The highest BCUT2D eigenvalue weighted by molar-refractivity contribution is 6.11. The van der Waals surface area contributed by atoms with E-state index in [-0.39, 0.29) is 36.9 Å². The Morgan fingerprint density at radius 2 is 1.00 bits per heavy atom. The van der Waals surface area contributed by atoms with Gasteiger partial charge in [-0.3, -0.25) is 29.0 Å². The highest BCUT2D eigenvalue weighted by Crippen LogP contribution is 2.46. The maximum absolute atomic E-state index is 13.4. The number of carbonyl (C=O) groups is 6. The Balaban J connectivity index is 0.000000202. The highest BCUT2D eigenvalue weighted by Gasteiger charge is 2.64. The van der Waals surface area contributed by atoms with Crippen LogP contribution in [0, 0.1) is 10.8 Å². The summed E-state index contributed by atoms with van der Waals surface area (Å²) in [6, 6.07) is 46.6. The molecule has 2 aliphatic rings. The number of nitrogens with zero attached hydrogens (tertiary/aromatic N) is 3. The Hall–Kier alpha value is -7.93. The van der Waals surface area contributed by atoms with Crippen molar-refractivity contribution in [3.63, 3.8) is 0 Å². The average molecular weight is 915 g/mol. The monoisotopic (exact) mass is 914 g/mol. The van der Waals surface area contributed by atoms with E-state index >= 15 is 0 Å². The van der Waals surface area contributed by atoms with Crippen molar-refractivity contribution in [3.8, 4) is 5.75 Å². The van der Waals surface area contributed by atoms with E-state index in [1.54, 1.807) is 33.1 Å². The first-order valence-corrected chi connectivity index (χ1v) is 22.4. The SMILES string of the molecule is COc1ccc(CC[C@@]2(C)C(=O)N(C(=O)CC(c3ccccc3)c3ccccc3)[C@@H]2C(=O)O)cc1.C[C@]1(Cc2ccnc(N)c2)C(=O)N(C(=O)CC(c2ccccc2)c2ccccc2)[C@@H]1C(=O)O. The lowest BCUT2D eigenvalue weighted by Crippen LogP contribution is -2.73. The molecule has 4 atom stereocenters. The number of aromatic nitrogens is 1. The number of ether oxygens (including phenoxy) is 1. The predicted molar refractivity (Wildman–Crippen MR) is 255 cm³/mol. The Kier molecular flexibility index (Phi) is 14.6. The topological polar surface area (TPSA) is 197 Å². The molecule has 6 aromatic rings. The number of aryl methyl sites for hydroxylation is 1. The number of hydrogen-bond donors (Lipinski definition) is 3. The fourth-order valence-corrected chi connectivity index (χ4v) is 9.52.